The lowest BCUT2D eigenvalue weighted by molar-refractivity contribution is -0.122. The highest BCUT2D eigenvalue weighted by molar-refractivity contribution is 5.77. The maximum Gasteiger partial charge on any atom is 0.234 e. The molecule has 1 saturated heterocycles. The highest BCUT2D eigenvalue weighted by Crippen LogP contribution is 2.07. The van der Waals surface area contributed by atoms with Gasteiger partial charge in [-0.05, 0) is 19.3 Å². The highest BCUT2D eigenvalue weighted by atomic mass is 16.5. The summed E-state index contributed by atoms with van der Waals surface area (Å²) < 4.78 is 4.81. The fourth-order valence-electron chi connectivity index (χ4n) is 2.02. The van der Waals surface area contributed by atoms with E-state index in [0.29, 0.717) is 26.1 Å². The molecule has 0 radical (unpaired) electrons. The summed E-state index contributed by atoms with van der Waals surface area (Å²) in [6.07, 6.45) is 1.92. The molecule has 1 unspecified atom stereocenters. The van der Waals surface area contributed by atoms with Crippen molar-refractivity contribution in [3.05, 3.63) is 0 Å². The minimum Gasteiger partial charge on any atom is -0.391 e. The minimum absolute atomic E-state index is 0.00934. The number of carbonyl (C=O) groups excluding carboxylic acids is 1. The Labute approximate surface area is 108 Å². The van der Waals surface area contributed by atoms with Crippen LogP contribution in [0.15, 0.2) is 0 Å². The molecule has 6 nitrogen and oxygen atoms in total. The van der Waals surface area contributed by atoms with Crippen LogP contribution in [0.5, 0.6) is 0 Å². The zero-order valence-electron chi connectivity index (χ0n) is 11.1. The van der Waals surface area contributed by atoms with Crippen molar-refractivity contribution < 1.29 is 14.6 Å². The van der Waals surface area contributed by atoms with Gasteiger partial charge in [0.2, 0.25) is 5.91 Å². The number of likely N-dealkylation sites (tertiary alicyclic amines) is 1. The molecule has 4 N–H and O–H groups in total. The first-order chi connectivity index (χ1) is 8.61. The summed E-state index contributed by atoms with van der Waals surface area (Å²) in [7, 11) is 1.54. The van der Waals surface area contributed by atoms with Crippen LogP contribution < -0.4 is 11.1 Å². The van der Waals surface area contributed by atoms with Gasteiger partial charge in [-0.25, -0.2) is 0 Å². The topological polar surface area (TPSA) is 87.8 Å². The number of carbonyl (C=O) groups is 1. The number of methoxy groups -OCH3 is 1. The van der Waals surface area contributed by atoms with Crippen LogP contribution in [0.25, 0.3) is 0 Å². The first-order valence-corrected chi connectivity index (χ1v) is 6.53. The van der Waals surface area contributed by atoms with Crippen LogP contribution in [0.3, 0.4) is 0 Å². The van der Waals surface area contributed by atoms with E-state index in [1.165, 1.54) is 0 Å². The number of hydrogen-bond acceptors (Lipinski definition) is 5. The fourth-order valence-corrected chi connectivity index (χ4v) is 2.02. The molecule has 1 atom stereocenters. The molecule has 0 bridgehead atoms. The molecule has 6 heteroatoms. The molecule has 1 heterocycles. The van der Waals surface area contributed by atoms with E-state index in [1.54, 1.807) is 7.11 Å². The Balaban J connectivity index is 2.06. The smallest absolute Gasteiger partial charge is 0.234 e. The van der Waals surface area contributed by atoms with E-state index in [0.717, 1.165) is 25.9 Å². The molecule has 1 fully saturated rings. The van der Waals surface area contributed by atoms with E-state index in [-0.39, 0.29) is 11.9 Å². The number of aliphatic hydroxyl groups excluding tert-OH is 1. The Morgan fingerprint density at radius 2 is 2.22 bits per heavy atom. The maximum atomic E-state index is 11.6. The van der Waals surface area contributed by atoms with E-state index in [2.05, 4.69) is 10.2 Å². The minimum atomic E-state index is -0.511. The molecular weight excluding hydrogens is 234 g/mol. The van der Waals surface area contributed by atoms with Crippen molar-refractivity contribution in [3.8, 4) is 0 Å². The van der Waals surface area contributed by atoms with Crippen molar-refractivity contribution in [3.63, 3.8) is 0 Å². The van der Waals surface area contributed by atoms with Gasteiger partial charge in [0.25, 0.3) is 0 Å². The van der Waals surface area contributed by atoms with Crippen LogP contribution in [0.4, 0.5) is 0 Å². The number of amides is 1. The number of aliphatic hydroxyl groups is 1. The fraction of sp³-hybridized carbons (Fsp3) is 0.917. The molecule has 1 amide bonds. The van der Waals surface area contributed by atoms with Crippen LogP contribution in [-0.4, -0.2) is 68.0 Å². The lowest BCUT2D eigenvalue weighted by Crippen LogP contribution is -2.44. The molecule has 0 aromatic rings. The second-order valence-corrected chi connectivity index (χ2v) is 4.86. The normalized spacial score (nSPS) is 19.7. The first kappa shape index (κ1) is 15.4. The molecule has 1 rings (SSSR count). The maximum absolute atomic E-state index is 11.6. The lowest BCUT2D eigenvalue weighted by Gasteiger charge is -2.29. The Morgan fingerprint density at radius 1 is 1.56 bits per heavy atom. The van der Waals surface area contributed by atoms with Crippen molar-refractivity contribution in [1.29, 1.82) is 0 Å². The summed E-state index contributed by atoms with van der Waals surface area (Å²) >= 11 is 0. The Bertz CT molecular complexity index is 243. The largest absolute Gasteiger partial charge is 0.391 e. The van der Waals surface area contributed by atoms with Crippen LogP contribution in [0.2, 0.25) is 0 Å². The van der Waals surface area contributed by atoms with Crippen molar-refractivity contribution in [1.82, 2.24) is 10.2 Å². The molecule has 18 heavy (non-hydrogen) atoms. The van der Waals surface area contributed by atoms with E-state index in [4.69, 9.17) is 10.5 Å². The molecule has 0 saturated carbocycles. The van der Waals surface area contributed by atoms with Crippen molar-refractivity contribution in [2.75, 3.05) is 39.9 Å². The zero-order chi connectivity index (χ0) is 13.4. The van der Waals surface area contributed by atoms with Crippen molar-refractivity contribution >= 4 is 5.91 Å². The van der Waals surface area contributed by atoms with Gasteiger partial charge in [-0.1, -0.05) is 0 Å². The standard InChI is InChI=1S/C12H25N3O3/c1-18-9-11(16)2-5-14-12(17)8-15-6-3-10(13)4-7-15/h10-11,16H,2-9,13H2,1H3,(H,14,17). The predicted molar refractivity (Wildman–Crippen MR) is 69.2 cm³/mol. The van der Waals surface area contributed by atoms with Crippen LogP contribution in [0, 0.1) is 0 Å². The third kappa shape index (κ3) is 6.30. The number of piperidine rings is 1. The number of nitrogens with two attached hydrogens (primary N) is 1. The SMILES string of the molecule is COCC(O)CCNC(=O)CN1CCC(N)CC1. The van der Waals surface area contributed by atoms with Gasteiger partial charge in [0, 0.05) is 32.8 Å². The monoisotopic (exact) mass is 259 g/mol. The Kier molecular flexibility index (Phi) is 7.19. The van der Waals surface area contributed by atoms with Crippen LogP contribution in [0.1, 0.15) is 19.3 Å². The summed E-state index contributed by atoms with van der Waals surface area (Å²) in [5.74, 6) is 0.00934. The highest BCUT2D eigenvalue weighted by Gasteiger charge is 2.17. The van der Waals surface area contributed by atoms with Gasteiger partial charge >= 0.3 is 0 Å². The number of hydrogen-bond donors (Lipinski definition) is 3. The van der Waals surface area contributed by atoms with Crippen LogP contribution >= 0.6 is 0 Å². The van der Waals surface area contributed by atoms with Crippen LogP contribution in [-0.2, 0) is 9.53 Å². The third-order valence-corrected chi connectivity index (χ3v) is 3.16. The van der Waals surface area contributed by atoms with Gasteiger partial charge in [0.1, 0.15) is 0 Å². The summed E-state index contributed by atoms with van der Waals surface area (Å²) in [5, 5.41) is 12.2. The molecule has 0 aromatic heterocycles. The molecule has 0 spiro atoms. The summed E-state index contributed by atoms with van der Waals surface area (Å²) in [5.41, 5.74) is 5.80. The third-order valence-electron chi connectivity index (χ3n) is 3.16. The van der Waals surface area contributed by atoms with Crippen molar-refractivity contribution in [2.45, 2.75) is 31.4 Å². The number of ether oxygens (including phenoxy) is 1. The number of rotatable bonds is 7. The Morgan fingerprint density at radius 3 is 2.83 bits per heavy atom. The molecule has 0 aromatic carbocycles. The average Bonchev–Trinajstić information content (AvgIpc) is 2.32. The summed E-state index contributed by atoms with van der Waals surface area (Å²) in [6.45, 7) is 2.99. The summed E-state index contributed by atoms with van der Waals surface area (Å²) in [4.78, 5) is 13.8. The molecule has 1 aliphatic rings. The van der Waals surface area contributed by atoms with Gasteiger partial charge in [0.15, 0.2) is 0 Å². The van der Waals surface area contributed by atoms with E-state index in [9.17, 15) is 9.90 Å². The zero-order valence-corrected chi connectivity index (χ0v) is 11.1. The van der Waals surface area contributed by atoms with E-state index in [1.807, 2.05) is 0 Å². The van der Waals surface area contributed by atoms with Gasteiger partial charge < -0.3 is 20.9 Å². The second kappa shape index (κ2) is 8.42. The van der Waals surface area contributed by atoms with Gasteiger partial charge in [-0.15, -0.1) is 0 Å². The molecule has 1 aliphatic heterocycles. The quantitative estimate of drug-likeness (QED) is 0.541. The van der Waals surface area contributed by atoms with Gasteiger partial charge in [-0.3, -0.25) is 9.69 Å². The average molecular weight is 259 g/mol. The van der Waals surface area contributed by atoms with Crippen molar-refractivity contribution in [2.24, 2.45) is 5.73 Å². The second-order valence-electron chi connectivity index (χ2n) is 4.86. The molecule has 0 aliphatic carbocycles. The molecular formula is C12H25N3O3. The van der Waals surface area contributed by atoms with Gasteiger partial charge in [-0.2, -0.15) is 0 Å². The number of nitrogens with zero attached hydrogens (tertiary/aromatic N) is 1. The number of nitrogens with one attached hydrogen (secondary N) is 1. The van der Waals surface area contributed by atoms with E-state index >= 15 is 0 Å². The van der Waals surface area contributed by atoms with E-state index < -0.39 is 6.10 Å². The Hall–Kier alpha value is -0.690. The molecule has 106 valence electrons. The predicted octanol–water partition coefficient (Wildman–Crippen LogP) is -1.08. The summed E-state index contributed by atoms with van der Waals surface area (Å²) in [6, 6.07) is 0.286. The first-order valence-electron chi connectivity index (χ1n) is 6.53. The van der Waals surface area contributed by atoms with Gasteiger partial charge in [0.05, 0.1) is 19.3 Å². The lowest BCUT2D eigenvalue weighted by atomic mass is 10.1.